The van der Waals surface area contributed by atoms with Crippen molar-refractivity contribution in [2.75, 3.05) is 11.9 Å². The summed E-state index contributed by atoms with van der Waals surface area (Å²) in [6.45, 7) is 0.961. The molecule has 0 fully saturated rings. The second kappa shape index (κ2) is 4.88. The van der Waals surface area contributed by atoms with Crippen molar-refractivity contribution in [3.63, 3.8) is 0 Å². The smallest absolute Gasteiger partial charge is 0.126 e. The van der Waals surface area contributed by atoms with Gasteiger partial charge in [-0.1, -0.05) is 6.07 Å². The van der Waals surface area contributed by atoms with Crippen molar-refractivity contribution in [3.05, 3.63) is 45.8 Å². The van der Waals surface area contributed by atoms with E-state index in [0.717, 1.165) is 25.2 Å². The molecule has 0 aromatic carbocycles. The highest BCUT2D eigenvalue weighted by Gasteiger charge is 2.11. The molecule has 0 saturated heterocycles. The molecule has 1 aliphatic rings. The van der Waals surface area contributed by atoms with Gasteiger partial charge >= 0.3 is 0 Å². The molecule has 1 aliphatic carbocycles. The molecular formula is C14H16N2S. The molecule has 0 amide bonds. The lowest BCUT2D eigenvalue weighted by Gasteiger charge is -2.06. The van der Waals surface area contributed by atoms with Gasteiger partial charge in [0.2, 0.25) is 0 Å². The summed E-state index contributed by atoms with van der Waals surface area (Å²) in [4.78, 5) is 4.66. The van der Waals surface area contributed by atoms with Gasteiger partial charge in [-0.15, -0.1) is 0 Å². The van der Waals surface area contributed by atoms with Crippen LogP contribution >= 0.6 is 11.3 Å². The third kappa shape index (κ3) is 2.50. The lowest BCUT2D eigenvalue weighted by molar-refractivity contribution is 0.898. The number of aryl methyl sites for hydroxylation is 2. The van der Waals surface area contributed by atoms with E-state index in [1.807, 2.05) is 0 Å². The summed E-state index contributed by atoms with van der Waals surface area (Å²) >= 11 is 1.76. The molecule has 0 unspecified atom stereocenters. The van der Waals surface area contributed by atoms with E-state index in [-0.39, 0.29) is 0 Å². The third-order valence-electron chi connectivity index (χ3n) is 3.23. The second-order valence-corrected chi connectivity index (χ2v) is 5.24. The van der Waals surface area contributed by atoms with E-state index >= 15 is 0 Å². The van der Waals surface area contributed by atoms with Crippen LogP contribution in [0.3, 0.4) is 0 Å². The quantitative estimate of drug-likeness (QED) is 0.892. The molecule has 0 bridgehead atoms. The standard InChI is InChI=1S/C14H16N2S/c1-2-12-4-5-14(16-13(12)3-1)15-8-6-11-7-9-17-10-11/h4-5,7,9-10H,1-3,6,8H2,(H,15,16). The van der Waals surface area contributed by atoms with Crippen molar-refractivity contribution in [2.45, 2.75) is 25.7 Å². The zero-order chi connectivity index (χ0) is 11.5. The summed E-state index contributed by atoms with van der Waals surface area (Å²) in [7, 11) is 0. The summed E-state index contributed by atoms with van der Waals surface area (Å²) in [5, 5.41) is 7.74. The normalized spacial score (nSPS) is 13.6. The highest BCUT2D eigenvalue weighted by atomic mass is 32.1. The van der Waals surface area contributed by atoms with E-state index in [4.69, 9.17) is 0 Å². The van der Waals surface area contributed by atoms with Gasteiger partial charge in [0.1, 0.15) is 5.82 Å². The van der Waals surface area contributed by atoms with Crippen LogP contribution in [-0.4, -0.2) is 11.5 Å². The van der Waals surface area contributed by atoms with Crippen molar-refractivity contribution in [2.24, 2.45) is 0 Å². The minimum atomic E-state index is 0.961. The predicted molar refractivity (Wildman–Crippen MR) is 72.8 cm³/mol. The van der Waals surface area contributed by atoms with Crippen molar-refractivity contribution in [1.29, 1.82) is 0 Å². The van der Waals surface area contributed by atoms with Crippen molar-refractivity contribution in [3.8, 4) is 0 Å². The minimum Gasteiger partial charge on any atom is -0.370 e. The first-order valence-electron chi connectivity index (χ1n) is 6.15. The number of anilines is 1. The second-order valence-electron chi connectivity index (χ2n) is 4.46. The van der Waals surface area contributed by atoms with Crippen LogP contribution in [0.25, 0.3) is 0 Å². The van der Waals surface area contributed by atoms with Gasteiger partial charge in [-0.25, -0.2) is 4.98 Å². The molecule has 2 aromatic rings. The Labute approximate surface area is 106 Å². The molecule has 0 saturated carbocycles. The fourth-order valence-corrected chi connectivity index (χ4v) is 2.99. The zero-order valence-electron chi connectivity index (χ0n) is 9.78. The number of fused-ring (bicyclic) bond motifs is 1. The maximum absolute atomic E-state index is 4.66. The zero-order valence-corrected chi connectivity index (χ0v) is 10.6. The van der Waals surface area contributed by atoms with Crippen LogP contribution in [0.5, 0.6) is 0 Å². The van der Waals surface area contributed by atoms with Crippen molar-refractivity contribution < 1.29 is 0 Å². The average Bonchev–Trinajstić information content (AvgIpc) is 2.98. The third-order valence-corrected chi connectivity index (χ3v) is 3.96. The first kappa shape index (κ1) is 10.8. The fourth-order valence-electron chi connectivity index (χ4n) is 2.29. The Morgan fingerprint density at radius 2 is 2.24 bits per heavy atom. The molecule has 0 atom stereocenters. The van der Waals surface area contributed by atoms with E-state index in [0.29, 0.717) is 0 Å². The molecule has 0 spiro atoms. The molecule has 17 heavy (non-hydrogen) atoms. The molecule has 3 heteroatoms. The Morgan fingerprint density at radius 1 is 1.24 bits per heavy atom. The van der Waals surface area contributed by atoms with E-state index in [2.05, 4.69) is 39.3 Å². The monoisotopic (exact) mass is 244 g/mol. The topological polar surface area (TPSA) is 24.9 Å². The molecule has 2 aromatic heterocycles. The highest BCUT2D eigenvalue weighted by molar-refractivity contribution is 7.07. The van der Waals surface area contributed by atoms with Crippen molar-refractivity contribution in [1.82, 2.24) is 4.98 Å². The van der Waals surface area contributed by atoms with Crippen LogP contribution in [0.15, 0.2) is 29.0 Å². The number of nitrogens with zero attached hydrogens (tertiary/aromatic N) is 1. The minimum absolute atomic E-state index is 0.961. The Morgan fingerprint density at radius 3 is 3.12 bits per heavy atom. The SMILES string of the molecule is c1cc(CCNc2ccc3c(n2)CCC3)cs1. The van der Waals surface area contributed by atoms with E-state index in [1.165, 1.54) is 29.7 Å². The largest absolute Gasteiger partial charge is 0.370 e. The molecule has 88 valence electrons. The Balaban J connectivity index is 1.58. The summed E-state index contributed by atoms with van der Waals surface area (Å²) in [6, 6.07) is 6.52. The Hall–Kier alpha value is -1.35. The van der Waals surface area contributed by atoms with Crippen molar-refractivity contribution >= 4 is 17.2 Å². The van der Waals surface area contributed by atoms with Gasteiger partial charge in [0.25, 0.3) is 0 Å². The van der Waals surface area contributed by atoms with Crippen LogP contribution in [-0.2, 0) is 19.3 Å². The van der Waals surface area contributed by atoms with Gasteiger partial charge in [0.05, 0.1) is 0 Å². The predicted octanol–water partition coefficient (Wildman–Crippen LogP) is 3.29. The van der Waals surface area contributed by atoms with Gasteiger partial charge in [-0.05, 0) is 59.7 Å². The Kier molecular flexibility index (Phi) is 3.10. The number of hydrogen-bond acceptors (Lipinski definition) is 3. The van der Waals surface area contributed by atoms with Crippen LogP contribution in [0.2, 0.25) is 0 Å². The molecule has 1 N–H and O–H groups in total. The summed E-state index contributed by atoms with van der Waals surface area (Å²) in [6.07, 6.45) is 4.69. The first-order chi connectivity index (χ1) is 8.42. The van der Waals surface area contributed by atoms with Crippen LogP contribution in [0.1, 0.15) is 23.2 Å². The van der Waals surface area contributed by atoms with Gasteiger partial charge in [0.15, 0.2) is 0 Å². The summed E-state index contributed by atoms with van der Waals surface area (Å²) in [5.74, 6) is 1.03. The number of nitrogens with one attached hydrogen (secondary N) is 1. The molecule has 0 aliphatic heterocycles. The van der Waals surface area contributed by atoms with Gasteiger partial charge in [-0.3, -0.25) is 0 Å². The number of pyridine rings is 1. The fraction of sp³-hybridized carbons (Fsp3) is 0.357. The average molecular weight is 244 g/mol. The summed E-state index contributed by atoms with van der Waals surface area (Å²) in [5.41, 5.74) is 4.14. The summed E-state index contributed by atoms with van der Waals surface area (Å²) < 4.78 is 0. The first-order valence-corrected chi connectivity index (χ1v) is 7.10. The number of thiophene rings is 1. The van der Waals surface area contributed by atoms with Gasteiger partial charge < -0.3 is 5.32 Å². The van der Waals surface area contributed by atoms with Crippen LogP contribution in [0, 0.1) is 0 Å². The maximum atomic E-state index is 4.66. The van der Waals surface area contributed by atoms with Gasteiger partial charge in [-0.2, -0.15) is 11.3 Å². The number of rotatable bonds is 4. The van der Waals surface area contributed by atoms with Crippen LogP contribution < -0.4 is 5.32 Å². The van der Waals surface area contributed by atoms with E-state index in [9.17, 15) is 0 Å². The molecular weight excluding hydrogens is 228 g/mol. The molecule has 2 nitrogen and oxygen atoms in total. The van der Waals surface area contributed by atoms with Crippen LogP contribution in [0.4, 0.5) is 5.82 Å². The van der Waals surface area contributed by atoms with E-state index < -0.39 is 0 Å². The number of aromatic nitrogens is 1. The Bertz CT molecular complexity index is 491. The molecule has 3 rings (SSSR count). The highest BCUT2D eigenvalue weighted by Crippen LogP contribution is 2.21. The lowest BCUT2D eigenvalue weighted by atomic mass is 10.2. The molecule has 2 heterocycles. The van der Waals surface area contributed by atoms with E-state index in [1.54, 1.807) is 11.3 Å². The maximum Gasteiger partial charge on any atom is 0.126 e. The number of hydrogen-bond donors (Lipinski definition) is 1. The lowest BCUT2D eigenvalue weighted by Crippen LogP contribution is -2.06. The molecule has 0 radical (unpaired) electrons. The van der Waals surface area contributed by atoms with Gasteiger partial charge in [0, 0.05) is 12.2 Å².